The molecule has 10 heteroatoms. The van der Waals surface area contributed by atoms with E-state index in [0.29, 0.717) is 16.5 Å². The molecule has 1 atom stereocenters. The smallest absolute Gasteiger partial charge is 0.268 e. The van der Waals surface area contributed by atoms with Gasteiger partial charge in [-0.1, -0.05) is 28.9 Å². The zero-order valence-corrected chi connectivity index (χ0v) is 19.9. The minimum Gasteiger partial charge on any atom is -0.497 e. The molecule has 34 heavy (non-hydrogen) atoms. The van der Waals surface area contributed by atoms with E-state index in [0.717, 1.165) is 5.56 Å². The number of sulfone groups is 1. The molecule has 1 aliphatic rings. The van der Waals surface area contributed by atoms with Crippen LogP contribution < -0.4 is 14.8 Å². The van der Waals surface area contributed by atoms with Gasteiger partial charge in [0.15, 0.2) is 0 Å². The minimum atomic E-state index is -3.88. The normalized spacial score (nSPS) is 15.3. The number of ether oxygens (including phenoxy) is 2. The molecule has 1 unspecified atom stereocenters. The maximum Gasteiger partial charge on any atom is 0.268 e. The van der Waals surface area contributed by atoms with Crippen LogP contribution in [0.15, 0.2) is 81.7 Å². The predicted molar refractivity (Wildman–Crippen MR) is 128 cm³/mol. The zero-order valence-electron chi connectivity index (χ0n) is 18.3. The van der Waals surface area contributed by atoms with Crippen LogP contribution in [0, 0.1) is 0 Å². The fraction of sp³-hybridized carbons (Fsp3) is 0.167. The van der Waals surface area contributed by atoms with Gasteiger partial charge < -0.3 is 19.6 Å². The molecule has 3 aromatic rings. The van der Waals surface area contributed by atoms with E-state index in [-0.39, 0.29) is 27.6 Å². The largest absolute Gasteiger partial charge is 0.497 e. The number of anilines is 1. The van der Waals surface area contributed by atoms with E-state index >= 15 is 0 Å². The van der Waals surface area contributed by atoms with Crippen molar-refractivity contribution in [1.82, 2.24) is 0 Å². The summed E-state index contributed by atoms with van der Waals surface area (Å²) in [5.41, 5.74) is 1.55. The van der Waals surface area contributed by atoms with Gasteiger partial charge in [-0.15, -0.1) is 0 Å². The third-order valence-corrected chi connectivity index (χ3v) is 7.20. The van der Waals surface area contributed by atoms with Crippen molar-refractivity contribution in [3.63, 3.8) is 0 Å². The molecule has 0 spiro atoms. The van der Waals surface area contributed by atoms with Crippen molar-refractivity contribution < 1.29 is 27.5 Å². The third-order valence-electron chi connectivity index (χ3n) is 5.20. The number of amides is 1. The number of carbonyl (C=O) groups is 1. The number of nitrogens with one attached hydrogen (secondary N) is 1. The summed E-state index contributed by atoms with van der Waals surface area (Å²) in [6.07, 6.45) is -0.658. The molecular weight excluding hydrogens is 480 g/mol. The number of hydrogen-bond donors (Lipinski definition) is 1. The Kier molecular flexibility index (Phi) is 6.76. The van der Waals surface area contributed by atoms with Crippen molar-refractivity contribution in [1.29, 1.82) is 0 Å². The van der Waals surface area contributed by atoms with Gasteiger partial charge in [0.25, 0.3) is 5.91 Å². The highest BCUT2D eigenvalue weighted by Crippen LogP contribution is 2.30. The second-order valence-electron chi connectivity index (χ2n) is 7.38. The lowest BCUT2D eigenvalue weighted by Crippen LogP contribution is -2.28. The van der Waals surface area contributed by atoms with E-state index in [1.54, 1.807) is 13.2 Å². The molecule has 0 fully saturated rings. The lowest BCUT2D eigenvalue weighted by atomic mass is 10.0. The second kappa shape index (κ2) is 9.74. The SMILES string of the molecule is COc1cc(NC(=O)C2CC(c3ccccc3OC)=NO2)cc(S(=O)(=O)c2ccc(Cl)cc2)c1. The maximum absolute atomic E-state index is 13.1. The summed E-state index contributed by atoms with van der Waals surface area (Å²) in [5, 5.41) is 7.16. The Labute approximate surface area is 202 Å². The Morgan fingerprint density at radius 1 is 1.03 bits per heavy atom. The quantitative estimate of drug-likeness (QED) is 0.518. The van der Waals surface area contributed by atoms with E-state index in [2.05, 4.69) is 10.5 Å². The molecule has 0 bridgehead atoms. The molecule has 0 aliphatic carbocycles. The summed E-state index contributed by atoms with van der Waals surface area (Å²) in [4.78, 5) is 18.2. The number of hydrogen-bond acceptors (Lipinski definition) is 7. The Morgan fingerprint density at radius 3 is 2.47 bits per heavy atom. The van der Waals surface area contributed by atoms with E-state index < -0.39 is 21.8 Å². The van der Waals surface area contributed by atoms with Gasteiger partial charge in [0, 0.05) is 28.8 Å². The van der Waals surface area contributed by atoms with E-state index in [1.165, 1.54) is 49.6 Å². The molecule has 1 N–H and O–H groups in total. The third kappa shape index (κ3) is 4.85. The number of benzene rings is 3. The summed E-state index contributed by atoms with van der Waals surface area (Å²) in [5.74, 6) is 0.413. The fourth-order valence-corrected chi connectivity index (χ4v) is 4.90. The van der Waals surface area contributed by atoms with Gasteiger partial charge >= 0.3 is 0 Å². The Hall–Kier alpha value is -3.56. The number of oxime groups is 1. The lowest BCUT2D eigenvalue weighted by molar-refractivity contribution is -0.125. The van der Waals surface area contributed by atoms with Gasteiger partial charge in [0.05, 0.1) is 29.7 Å². The Balaban J connectivity index is 1.54. The molecule has 0 radical (unpaired) electrons. The highest BCUT2D eigenvalue weighted by Gasteiger charge is 2.30. The van der Waals surface area contributed by atoms with Crippen LogP contribution in [0.3, 0.4) is 0 Å². The first-order valence-electron chi connectivity index (χ1n) is 10.2. The van der Waals surface area contributed by atoms with Gasteiger partial charge in [-0.05, 0) is 48.5 Å². The van der Waals surface area contributed by atoms with Crippen LogP contribution in [-0.2, 0) is 19.5 Å². The number of nitrogens with zero attached hydrogens (tertiary/aromatic N) is 1. The highest BCUT2D eigenvalue weighted by atomic mass is 35.5. The van der Waals surface area contributed by atoms with Gasteiger partial charge in [-0.25, -0.2) is 8.42 Å². The van der Waals surface area contributed by atoms with Crippen LogP contribution in [0.4, 0.5) is 5.69 Å². The van der Waals surface area contributed by atoms with Gasteiger partial charge in [0.1, 0.15) is 11.5 Å². The number of methoxy groups -OCH3 is 2. The monoisotopic (exact) mass is 500 g/mol. The number of para-hydroxylation sites is 1. The van der Waals surface area contributed by atoms with Crippen LogP contribution in [0.2, 0.25) is 5.02 Å². The fourth-order valence-electron chi connectivity index (χ4n) is 3.45. The van der Waals surface area contributed by atoms with Crippen LogP contribution in [0.5, 0.6) is 11.5 Å². The average Bonchev–Trinajstić information content (AvgIpc) is 3.34. The molecule has 0 saturated carbocycles. The van der Waals surface area contributed by atoms with E-state index in [1.807, 2.05) is 18.2 Å². The molecule has 0 saturated heterocycles. The van der Waals surface area contributed by atoms with Crippen molar-refractivity contribution in [2.75, 3.05) is 19.5 Å². The molecular formula is C24H21ClN2O6S. The highest BCUT2D eigenvalue weighted by molar-refractivity contribution is 7.91. The first kappa shape index (κ1) is 23.6. The minimum absolute atomic E-state index is 0.0391. The molecule has 1 heterocycles. The molecule has 1 aliphatic heterocycles. The van der Waals surface area contributed by atoms with Gasteiger partial charge in [-0.2, -0.15) is 0 Å². The van der Waals surface area contributed by atoms with Crippen molar-refractivity contribution >= 4 is 38.7 Å². The summed E-state index contributed by atoms with van der Waals surface area (Å²) < 4.78 is 36.8. The van der Waals surface area contributed by atoms with Crippen LogP contribution in [0.25, 0.3) is 0 Å². The second-order valence-corrected chi connectivity index (χ2v) is 9.77. The predicted octanol–water partition coefficient (Wildman–Crippen LogP) is 4.32. The van der Waals surface area contributed by atoms with Crippen molar-refractivity contribution in [2.45, 2.75) is 22.3 Å². The molecule has 4 rings (SSSR count). The van der Waals surface area contributed by atoms with Crippen LogP contribution in [0.1, 0.15) is 12.0 Å². The van der Waals surface area contributed by atoms with E-state index in [4.69, 9.17) is 25.9 Å². The number of carbonyl (C=O) groups excluding carboxylic acids is 1. The summed E-state index contributed by atoms with van der Waals surface area (Å²) >= 11 is 5.88. The van der Waals surface area contributed by atoms with Gasteiger partial charge in [0.2, 0.25) is 15.9 Å². The summed E-state index contributed by atoms with van der Waals surface area (Å²) in [7, 11) is -0.913. The molecule has 176 valence electrons. The summed E-state index contributed by atoms with van der Waals surface area (Å²) in [6, 6.07) is 17.4. The lowest BCUT2D eigenvalue weighted by Gasteiger charge is -2.13. The molecule has 3 aromatic carbocycles. The van der Waals surface area contributed by atoms with Crippen LogP contribution in [-0.4, -0.2) is 40.4 Å². The Bertz CT molecular complexity index is 1360. The first-order chi connectivity index (χ1) is 16.3. The standard InChI is InChI=1S/C24H21ClN2O6S/c1-31-17-11-16(12-19(13-17)34(29,30)18-9-7-15(25)8-10-18)26-24(28)23-14-21(27-33-23)20-5-3-4-6-22(20)32-2/h3-13,23H,14H2,1-2H3,(H,26,28). The molecule has 1 amide bonds. The zero-order chi connectivity index (χ0) is 24.3. The Morgan fingerprint density at radius 2 is 1.76 bits per heavy atom. The first-order valence-corrected chi connectivity index (χ1v) is 12.0. The average molecular weight is 501 g/mol. The van der Waals surface area contributed by atoms with E-state index in [9.17, 15) is 13.2 Å². The summed E-state index contributed by atoms with van der Waals surface area (Å²) in [6.45, 7) is 0. The van der Waals surface area contributed by atoms with Gasteiger partial charge in [-0.3, -0.25) is 4.79 Å². The van der Waals surface area contributed by atoms with Crippen molar-refractivity contribution in [3.8, 4) is 11.5 Å². The van der Waals surface area contributed by atoms with Crippen molar-refractivity contribution in [3.05, 3.63) is 77.3 Å². The van der Waals surface area contributed by atoms with Crippen LogP contribution >= 0.6 is 11.6 Å². The number of halogens is 1. The number of rotatable bonds is 7. The molecule has 8 nitrogen and oxygen atoms in total. The topological polar surface area (TPSA) is 103 Å². The maximum atomic E-state index is 13.1. The van der Waals surface area contributed by atoms with Crippen molar-refractivity contribution in [2.24, 2.45) is 5.16 Å². The molecule has 0 aromatic heterocycles.